The van der Waals surface area contributed by atoms with E-state index in [1.165, 1.54) is 12.8 Å². The molecule has 0 aliphatic carbocycles. The molecule has 1 rings (SSSR count). The number of piperidine rings is 1. The molecule has 0 amide bonds. The molecule has 1 saturated heterocycles. The molecule has 0 aromatic rings. The molecule has 10 heavy (non-hydrogen) atoms. The van der Waals surface area contributed by atoms with Gasteiger partial charge in [0.1, 0.15) is 0 Å². The van der Waals surface area contributed by atoms with Gasteiger partial charge in [0.15, 0.2) is 0 Å². The quantitative estimate of drug-likeness (QED) is 0.630. The summed E-state index contributed by atoms with van der Waals surface area (Å²) in [6.45, 7) is 2.43. The van der Waals surface area contributed by atoms with Crippen molar-refractivity contribution in [1.82, 2.24) is 5.32 Å². The van der Waals surface area contributed by atoms with Crippen LogP contribution in [0.15, 0.2) is 0 Å². The van der Waals surface area contributed by atoms with Gasteiger partial charge in [0, 0.05) is 0 Å². The van der Waals surface area contributed by atoms with E-state index in [0.29, 0.717) is 0 Å². The Balaban J connectivity index is 2.02. The molecule has 1 aliphatic heterocycles. The van der Waals surface area contributed by atoms with Crippen LogP contribution >= 0.6 is 0 Å². The van der Waals surface area contributed by atoms with E-state index in [2.05, 4.69) is 5.32 Å². The first-order valence-corrected chi connectivity index (χ1v) is 4.22. The van der Waals surface area contributed by atoms with Gasteiger partial charge in [0.05, 0.1) is 6.61 Å². The van der Waals surface area contributed by atoms with Crippen LogP contribution in [0.25, 0.3) is 0 Å². The molecule has 0 aromatic heterocycles. The van der Waals surface area contributed by atoms with Gasteiger partial charge in [0.25, 0.3) is 0 Å². The van der Waals surface area contributed by atoms with Gasteiger partial charge in [-0.2, -0.15) is 0 Å². The summed E-state index contributed by atoms with van der Waals surface area (Å²) in [6, 6.07) is 0. The maximum atomic E-state index is 10.2. The third-order valence-corrected chi connectivity index (χ3v) is 2.22. The Bertz CT molecular complexity index is 79.3. The van der Waals surface area contributed by atoms with Gasteiger partial charge in [-0.3, -0.25) is 0 Å². The van der Waals surface area contributed by atoms with Crippen molar-refractivity contribution < 1.29 is 5.11 Å². The van der Waals surface area contributed by atoms with Crippen molar-refractivity contribution in [2.75, 3.05) is 19.7 Å². The second kappa shape index (κ2) is 4.69. The first kappa shape index (κ1) is 8.02. The van der Waals surface area contributed by atoms with Gasteiger partial charge >= 0.3 is 0 Å². The standard InChI is InChI=1S/C8H16NO/c10-7-1-2-8-3-5-9-6-4-8/h8-9H,1-7H2. The Labute approximate surface area is 62.6 Å². The average molecular weight is 142 g/mol. The summed E-state index contributed by atoms with van der Waals surface area (Å²) in [4.78, 5) is 0. The zero-order chi connectivity index (χ0) is 7.23. The van der Waals surface area contributed by atoms with E-state index in [4.69, 9.17) is 0 Å². The van der Waals surface area contributed by atoms with Gasteiger partial charge in [-0.15, -0.1) is 0 Å². The second-order valence-electron chi connectivity index (χ2n) is 3.04. The maximum absolute atomic E-state index is 10.2. The van der Waals surface area contributed by atoms with Crippen molar-refractivity contribution in [3.63, 3.8) is 0 Å². The average Bonchev–Trinajstić information content (AvgIpc) is 2.03. The molecule has 1 heterocycles. The highest BCUT2D eigenvalue weighted by Gasteiger charge is 2.11. The number of hydrogen-bond donors (Lipinski definition) is 1. The van der Waals surface area contributed by atoms with Crippen molar-refractivity contribution in [2.45, 2.75) is 25.7 Å². The van der Waals surface area contributed by atoms with Crippen molar-refractivity contribution in [1.29, 1.82) is 0 Å². The zero-order valence-electron chi connectivity index (χ0n) is 6.44. The fraction of sp³-hybridized carbons (Fsp3) is 1.00. The largest absolute Gasteiger partial charge is 0.317 e. The minimum absolute atomic E-state index is 0.115. The first-order chi connectivity index (χ1) is 4.93. The highest BCUT2D eigenvalue weighted by molar-refractivity contribution is 4.67. The third kappa shape index (κ3) is 2.67. The molecule has 1 fully saturated rings. The Morgan fingerprint density at radius 3 is 2.60 bits per heavy atom. The van der Waals surface area contributed by atoms with Crippen molar-refractivity contribution in [3.05, 3.63) is 0 Å². The van der Waals surface area contributed by atoms with E-state index in [1.807, 2.05) is 0 Å². The molecule has 1 aliphatic rings. The molecule has 2 nitrogen and oxygen atoms in total. The summed E-state index contributed by atoms with van der Waals surface area (Å²) in [6.07, 6.45) is 4.59. The minimum Gasteiger partial charge on any atom is -0.317 e. The van der Waals surface area contributed by atoms with Crippen LogP contribution in [-0.4, -0.2) is 19.7 Å². The lowest BCUT2D eigenvalue weighted by Crippen LogP contribution is -2.27. The number of nitrogens with one attached hydrogen (secondary N) is 1. The number of hydrogen-bond acceptors (Lipinski definition) is 1. The van der Waals surface area contributed by atoms with E-state index >= 15 is 0 Å². The summed E-state index contributed by atoms with van der Waals surface area (Å²) in [5.41, 5.74) is 0. The summed E-state index contributed by atoms with van der Waals surface area (Å²) >= 11 is 0. The molecule has 2 heteroatoms. The third-order valence-electron chi connectivity index (χ3n) is 2.22. The van der Waals surface area contributed by atoms with E-state index < -0.39 is 0 Å². The summed E-state index contributed by atoms with van der Waals surface area (Å²) in [7, 11) is 0. The van der Waals surface area contributed by atoms with Crippen molar-refractivity contribution >= 4 is 0 Å². The highest BCUT2D eigenvalue weighted by Crippen LogP contribution is 2.16. The van der Waals surface area contributed by atoms with Crippen LogP contribution in [0, 0.1) is 5.92 Å². The lowest BCUT2D eigenvalue weighted by Gasteiger charge is -2.21. The van der Waals surface area contributed by atoms with E-state index in [0.717, 1.165) is 31.8 Å². The van der Waals surface area contributed by atoms with E-state index in [9.17, 15) is 5.11 Å². The van der Waals surface area contributed by atoms with Crippen LogP contribution in [0.5, 0.6) is 0 Å². The Kier molecular flexibility index (Phi) is 3.76. The second-order valence-corrected chi connectivity index (χ2v) is 3.04. The lowest BCUT2D eigenvalue weighted by atomic mass is 9.93. The van der Waals surface area contributed by atoms with Crippen LogP contribution in [0.4, 0.5) is 0 Å². The maximum Gasteiger partial charge on any atom is 0.0822 e. The monoisotopic (exact) mass is 142 g/mol. The fourth-order valence-electron chi connectivity index (χ4n) is 1.54. The molecule has 0 saturated carbocycles. The fourth-order valence-corrected chi connectivity index (χ4v) is 1.54. The highest BCUT2D eigenvalue weighted by atomic mass is 16.2. The van der Waals surface area contributed by atoms with Gasteiger partial charge in [-0.25, -0.2) is 5.11 Å². The molecule has 1 radical (unpaired) electrons. The van der Waals surface area contributed by atoms with Crippen LogP contribution < -0.4 is 5.32 Å². The van der Waals surface area contributed by atoms with Gasteiger partial charge in [-0.1, -0.05) is 0 Å². The predicted molar refractivity (Wildman–Crippen MR) is 40.4 cm³/mol. The topological polar surface area (TPSA) is 31.9 Å². The van der Waals surface area contributed by atoms with E-state index in [-0.39, 0.29) is 6.61 Å². The molecule has 59 valence electrons. The van der Waals surface area contributed by atoms with Crippen LogP contribution in [-0.2, 0) is 5.11 Å². The van der Waals surface area contributed by atoms with Crippen LogP contribution in [0.2, 0.25) is 0 Å². The molecule has 0 aromatic carbocycles. The SMILES string of the molecule is [O]CCCC1CCNCC1. The molecule has 0 atom stereocenters. The van der Waals surface area contributed by atoms with Gasteiger partial charge in [0.2, 0.25) is 0 Å². The minimum atomic E-state index is 0.115. The van der Waals surface area contributed by atoms with Gasteiger partial charge in [-0.05, 0) is 44.7 Å². The van der Waals surface area contributed by atoms with Crippen LogP contribution in [0.1, 0.15) is 25.7 Å². The smallest absolute Gasteiger partial charge is 0.0822 e. The molecule has 0 bridgehead atoms. The molecule has 1 N–H and O–H groups in total. The molecule has 0 spiro atoms. The van der Waals surface area contributed by atoms with Gasteiger partial charge < -0.3 is 5.32 Å². The normalized spacial score (nSPS) is 21.3. The Morgan fingerprint density at radius 2 is 2.00 bits per heavy atom. The summed E-state index contributed by atoms with van der Waals surface area (Å²) < 4.78 is 0. The first-order valence-electron chi connectivity index (χ1n) is 4.22. The summed E-state index contributed by atoms with van der Waals surface area (Å²) in [5.74, 6) is 0.843. The summed E-state index contributed by atoms with van der Waals surface area (Å²) in [5, 5.41) is 13.5. The zero-order valence-corrected chi connectivity index (χ0v) is 6.44. The molecular weight excluding hydrogens is 126 g/mol. The Hall–Kier alpha value is -0.0800. The van der Waals surface area contributed by atoms with E-state index in [1.54, 1.807) is 0 Å². The van der Waals surface area contributed by atoms with Crippen molar-refractivity contribution in [2.24, 2.45) is 5.92 Å². The number of rotatable bonds is 3. The van der Waals surface area contributed by atoms with Crippen molar-refractivity contribution in [3.8, 4) is 0 Å². The molecule has 0 unspecified atom stereocenters. The van der Waals surface area contributed by atoms with Crippen LogP contribution in [0.3, 0.4) is 0 Å². The molecular formula is C8H16NO. The Morgan fingerprint density at radius 1 is 1.30 bits per heavy atom. The predicted octanol–water partition coefficient (Wildman–Crippen LogP) is 1.20. The lowest BCUT2D eigenvalue weighted by molar-refractivity contribution is 0.176.